The predicted octanol–water partition coefficient (Wildman–Crippen LogP) is 5.57. The maximum atomic E-state index is 13.0. The molecule has 0 fully saturated rings. The van der Waals surface area contributed by atoms with Crippen LogP contribution in [-0.2, 0) is 9.59 Å². The van der Waals surface area contributed by atoms with Crippen molar-refractivity contribution in [2.45, 2.75) is 20.5 Å². The fourth-order valence-corrected chi connectivity index (χ4v) is 2.95. The van der Waals surface area contributed by atoms with Crippen molar-refractivity contribution in [2.24, 2.45) is 0 Å². The first-order valence-corrected chi connectivity index (χ1v) is 9.84. The molecule has 0 aliphatic heterocycles. The zero-order valence-electron chi connectivity index (χ0n) is 17.6. The minimum absolute atomic E-state index is 0.0209. The number of anilines is 2. The van der Waals surface area contributed by atoms with Gasteiger partial charge in [-0.2, -0.15) is 8.78 Å². The maximum Gasteiger partial charge on any atom is 0.387 e. The van der Waals surface area contributed by atoms with Gasteiger partial charge in [0.1, 0.15) is 11.3 Å². The van der Waals surface area contributed by atoms with E-state index < -0.39 is 18.4 Å². The monoisotopic (exact) mass is 436 g/mol. The highest BCUT2D eigenvalue weighted by Crippen LogP contribution is 2.20. The predicted molar refractivity (Wildman–Crippen MR) is 121 cm³/mol. The van der Waals surface area contributed by atoms with Gasteiger partial charge in [-0.3, -0.25) is 9.59 Å². The largest absolute Gasteiger partial charge is 0.435 e. The Bertz CT molecular complexity index is 1080. The Kier molecular flexibility index (Phi) is 7.33. The van der Waals surface area contributed by atoms with Crippen LogP contribution in [0.5, 0.6) is 5.75 Å². The molecule has 3 aromatic carbocycles. The van der Waals surface area contributed by atoms with Crippen LogP contribution in [0.2, 0.25) is 0 Å². The summed E-state index contributed by atoms with van der Waals surface area (Å²) in [4.78, 5) is 26.1. The van der Waals surface area contributed by atoms with Gasteiger partial charge >= 0.3 is 6.61 Å². The smallest absolute Gasteiger partial charge is 0.387 e. The number of hydrogen-bond donors (Lipinski definition) is 2. The molecular formula is C25H22F2N2O3. The van der Waals surface area contributed by atoms with Crippen LogP contribution in [0, 0.1) is 13.8 Å². The van der Waals surface area contributed by atoms with E-state index >= 15 is 0 Å². The van der Waals surface area contributed by atoms with Crippen LogP contribution in [0.3, 0.4) is 0 Å². The van der Waals surface area contributed by atoms with Crippen molar-refractivity contribution in [3.8, 4) is 5.75 Å². The van der Waals surface area contributed by atoms with Crippen molar-refractivity contribution in [1.82, 2.24) is 0 Å². The average Bonchev–Trinajstić information content (AvgIpc) is 2.76. The second-order valence-corrected chi connectivity index (χ2v) is 7.04. The molecule has 0 bridgehead atoms. The van der Waals surface area contributed by atoms with E-state index in [0.717, 1.165) is 11.1 Å². The number of para-hydroxylation sites is 2. The van der Waals surface area contributed by atoms with Gasteiger partial charge in [0.25, 0.3) is 11.8 Å². The number of carbonyl (C=O) groups excluding carboxylic acids is 2. The van der Waals surface area contributed by atoms with Crippen LogP contribution in [0.25, 0.3) is 6.08 Å². The molecule has 0 unspecified atom stereocenters. The molecule has 164 valence electrons. The van der Waals surface area contributed by atoms with Gasteiger partial charge in [-0.1, -0.05) is 48.5 Å². The number of halogens is 2. The van der Waals surface area contributed by atoms with Crippen LogP contribution < -0.4 is 15.4 Å². The van der Waals surface area contributed by atoms with Crippen LogP contribution in [0.15, 0.2) is 78.4 Å². The van der Waals surface area contributed by atoms with Gasteiger partial charge in [-0.25, -0.2) is 0 Å². The number of hydrogen-bond acceptors (Lipinski definition) is 3. The van der Waals surface area contributed by atoms with E-state index in [1.54, 1.807) is 24.3 Å². The normalized spacial score (nSPS) is 10.4. The Labute approximate surface area is 184 Å². The molecule has 7 heteroatoms. The Hall–Kier alpha value is -4.00. The summed E-state index contributed by atoms with van der Waals surface area (Å²) in [7, 11) is 0. The topological polar surface area (TPSA) is 67.4 Å². The van der Waals surface area contributed by atoms with Gasteiger partial charge < -0.3 is 15.4 Å². The molecular weight excluding hydrogens is 414 g/mol. The second-order valence-electron chi connectivity index (χ2n) is 7.04. The third kappa shape index (κ3) is 6.01. The van der Waals surface area contributed by atoms with E-state index in [9.17, 15) is 18.4 Å². The van der Waals surface area contributed by atoms with Crippen molar-refractivity contribution in [3.63, 3.8) is 0 Å². The first-order valence-electron chi connectivity index (χ1n) is 9.84. The third-order valence-corrected chi connectivity index (χ3v) is 4.69. The summed E-state index contributed by atoms with van der Waals surface area (Å²) in [6.07, 6.45) is 1.40. The molecule has 0 saturated heterocycles. The number of carbonyl (C=O) groups is 2. The summed E-state index contributed by atoms with van der Waals surface area (Å²) in [5.74, 6) is -1.22. The van der Waals surface area contributed by atoms with E-state index in [2.05, 4.69) is 15.4 Å². The summed E-state index contributed by atoms with van der Waals surface area (Å²) in [5.41, 5.74) is 3.17. The molecule has 0 aromatic heterocycles. The van der Waals surface area contributed by atoms with Crippen molar-refractivity contribution in [2.75, 3.05) is 10.6 Å². The molecule has 0 saturated carbocycles. The van der Waals surface area contributed by atoms with Crippen LogP contribution in [0.1, 0.15) is 16.7 Å². The number of nitrogens with one attached hydrogen (secondary N) is 2. The standard InChI is InChI=1S/C25H22F2N2O3/c1-16-7-3-5-9-21(16)28-23(30)20(24(31)29-22-10-6-4-8-17(22)2)15-18-11-13-19(14-12-18)32-25(26)27/h3-15,25H,1-2H3,(H,28,30)(H,29,31). The molecule has 0 atom stereocenters. The van der Waals surface area contributed by atoms with E-state index in [4.69, 9.17) is 0 Å². The number of amides is 2. The van der Waals surface area contributed by atoms with Crippen molar-refractivity contribution < 1.29 is 23.1 Å². The number of rotatable bonds is 7. The highest BCUT2D eigenvalue weighted by molar-refractivity contribution is 6.29. The van der Waals surface area contributed by atoms with Gasteiger partial charge in [0.15, 0.2) is 0 Å². The Morgan fingerprint density at radius 2 is 1.25 bits per heavy atom. The van der Waals surface area contributed by atoms with Crippen molar-refractivity contribution >= 4 is 29.3 Å². The zero-order valence-corrected chi connectivity index (χ0v) is 17.6. The lowest BCUT2D eigenvalue weighted by Crippen LogP contribution is -2.25. The van der Waals surface area contributed by atoms with Crippen molar-refractivity contribution in [1.29, 1.82) is 0 Å². The lowest BCUT2D eigenvalue weighted by atomic mass is 10.1. The van der Waals surface area contributed by atoms with Gasteiger partial charge in [-0.05, 0) is 60.9 Å². The molecule has 2 amide bonds. The Balaban J connectivity index is 1.91. The van der Waals surface area contributed by atoms with Gasteiger partial charge in [-0.15, -0.1) is 0 Å². The molecule has 5 nitrogen and oxygen atoms in total. The molecule has 0 radical (unpaired) electrons. The molecule has 32 heavy (non-hydrogen) atoms. The number of benzene rings is 3. The summed E-state index contributed by atoms with van der Waals surface area (Å²) >= 11 is 0. The van der Waals surface area contributed by atoms with Gasteiger partial charge in [0, 0.05) is 11.4 Å². The zero-order chi connectivity index (χ0) is 23.1. The maximum absolute atomic E-state index is 13.0. The first kappa shape index (κ1) is 22.7. The van der Waals surface area contributed by atoms with E-state index in [1.807, 2.05) is 38.1 Å². The third-order valence-electron chi connectivity index (χ3n) is 4.69. The second kappa shape index (κ2) is 10.3. The molecule has 0 aliphatic rings. The fourth-order valence-electron chi connectivity index (χ4n) is 2.95. The van der Waals surface area contributed by atoms with E-state index in [-0.39, 0.29) is 11.3 Å². The minimum atomic E-state index is -2.94. The highest BCUT2D eigenvalue weighted by Gasteiger charge is 2.20. The number of aryl methyl sites for hydroxylation is 2. The van der Waals surface area contributed by atoms with E-state index in [0.29, 0.717) is 16.9 Å². The molecule has 0 aliphatic carbocycles. The SMILES string of the molecule is Cc1ccccc1NC(=O)C(=Cc1ccc(OC(F)F)cc1)C(=O)Nc1ccccc1C. The van der Waals surface area contributed by atoms with Crippen LogP contribution in [-0.4, -0.2) is 18.4 Å². The lowest BCUT2D eigenvalue weighted by molar-refractivity contribution is -0.118. The first-order chi connectivity index (χ1) is 15.3. The average molecular weight is 436 g/mol. The summed E-state index contributed by atoms with van der Waals surface area (Å²) in [5, 5.41) is 5.51. The summed E-state index contributed by atoms with van der Waals surface area (Å²) in [6, 6.07) is 20.1. The Morgan fingerprint density at radius 3 is 1.69 bits per heavy atom. The van der Waals surface area contributed by atoms with Crippen LogP contribution >= 0.6 is 0 Å². The minimum Gasteiger partial charge on any atom is -0.435 e. The number of ether oxygens (including phenoxy) is 1. The molecule has 0 spiro atoms. The fraction of sp³-hybridized carbons (Fsp3) is 0.120. The van der Waals surface area contributed by atoms with Gasteiger partial charge in [0.05, 0.1) is 0 Å². The van der Waals surface area contributed by atoms with Crippen LogP contribution in [0.4, 0.5) is 20.2 Å². The van der Waals surface area contributed by atoms with Gasteiger partial charge in [0.2, 0.25) is 0 Å². The summed E-state index contributed by atoms with van der Waals surface area (Å²) < 4.78 is 29.1. The molecule has 3 rings (SSSR count). The molecule has 3 aromatic rings. The number of alkyl halides is 2. The Morgan fingerprint density at radius 1 is 0.781 bits per heavy atom. The van der Waals surface area contributed by atoms with Crippen molar-refractivity contribution in [3.05, 3.63) is 95.1 Å². The molecule has 0 heterocycles. The van der Waals surface area contributed by atoms with E-state index in [1.165, 1.54) is 30.3 Å². The molecule has 2 N–H and O–H groups in total. The quantitative estimate of drug-likeness (QED) is 0.289. The summed E-state index contributed by atoms with van der Waals surface area (Å²) in [6.45, 7) is 0.745. The lowest BCUT2D eigenvalue weighted by Gasteiger charge is -2.13. The highest BCUT2D eigenvalue weighted by atomic mass is 19.3.